The van der Waals surface area contributed by atoms with Crippen molar-refractivity contribution >= 4 is 11.6 Å². The molecule has 0 fully saturated rings. The maximum Gasteiger partial charge on any atom is 0.271 e. The maximum absolute atomic E-state index is 12.1. The third-order valence-corrected chi connectivity index (χ3v) is 3.10. The van der Waals surface area contributed by atoms with Crippen LogP contribution in [0.1, 0.15) is 21.7 Å². The second kappa shape index (κ2) is 5.13. The highest BCUT2D eigenvalue weighted by Gasteiger charge is 2.10. The van der Waals surface area contributed by atoms with Crippen LogP contribution in [0, 0.1) is 6.92 Å². The number of amides is 1. The van der Waals surface area contributed by atoms with Gasteiger partial charge in [0.1, 0.15) is 11.3 Å². The van der Waals surface area contributed by atoms with E-state index in [0.717, 1.165) is 16.9 Å². The molecular weight excluding hydrogens is 252 g/mol. The van der Waals surface area contributed by atoms with E-state index < -0.39 is 0 Å². The highest BCUT2D eigenvalue weighted by atomic mass is 16.1. The first kappa shape index (κ1) is 12.3. The lowest BCUT2D eigenvalue weighted by Gasteiger charge is -2.02. The van der Waals surface area contributed by atoms with Crippen LogP contribution in [0.3, 0.4) is 0 Å². The van der Waals surface area contributed by atoms with Crippen molar-refractivity contribution in [2.75, 3.05) is 0 Å². The zero-order valence-electron chi connectivity index (χ0n) is 11.1. The van der Waals surface area contributed by atoms with Gasteiger partial charge in [0.15, 0.2) is 0 Å². The fourth-order valence-corrected chi connectivity index (χ4v) is 2.03. The number of hydrogen-bond donors (Lipinski definition) is 1. The number of hydrogen-bond acceptors (Lipinski definition) is 3. The van der Waals surface area contributed by atoms with Crippen LogP contribution in [0.25, 0.3) is 5.65 Å². The summed E-state index contributed by atoms with van der Waals surface area (Å²) in [4.78, 5) is 20.4. The van der Waals surface area contributed by atoms with Crippen molar-refractivity contribution in [1.82, 2.24) is 19.7 Å². The molecule has 5 heteroatoms. The Kier molecular flexibility index (Phi) is 3.16. The second-order valence-corrected chi connectivity index (χ2v) is 4.57. The fraction of sp³-hybridized carbons (Fsp3) is 0.133. The van der Waals surface area contributed by atoms with Crippen LogP contribution in [0.4, 0.5) is 0 Å². The minimum atomic E-state index is -0.183. The van der Waals surface area contributed by atoms with Gasteiger partial charge in [0, 0.05) is 30.8 Å². The highest BCUT2D eigenvalue weighted by molar-refractivity contribution is 5.92. The van der Waals surface area contributed by atoms with Crippen LogP contribution in [-0.4, -0.2) is 20.3 Å². The number of pyridine rings is 2. The lowest BCUT2D eigenvalue weighted by molar-refractivity contribution is 0.0946. The van der Waals surface area contributed by atoms with Crippen LogP contribution in [-0.2, 0) is 6.54 Å². The van der Waals surface area contributed by atoms with Crippen molar-refractivity contribution in [1.29, 1.82) is 0 Å². The van der Waals surface area contributed by atoms with E-state index in [1.54, 1.807) is 18.6 Å². The molecule has 0 atom stereocenters. The summed E-state index contributed by atoms with van der Waals surface area (Å²) < 4.78 is 1.90. The minimum Gasteiger partial charge on any atom is -0.347 e. The summed E-state index contributed by atoms with van der Waals surface area (Å²) in [7, 11) is 0. The van der Waals surface area contributed by atoms with E-state index in [2.05, 4.69) is 15.3 Å². The van der Waals surface area contributed by atoms with Gasteiger partial charge < -0.3 is 9.72 Å². The zero-order chi connectivity index (χ0) is 13.9. The number of nitrogens with zero attached hydrogens (tertiary/aromatic N) is 3. The Morgan fingerprint density at radius 1 is 1.30 bits per heavy atom. The molecule has 1 N–H and O–H groups in total. The van der Waals surface area contributed by atoms with Crippen LogP contribution in [0.5, 0.6) is 0 Å². The Balaban J connectivity index is 1.77. The van der Waals surface area contributed by atoms with Gasteiger partial charge >= 0.3 is 0 Å². The van der Waals surface area contributed by atoms with Gasteiger partial charge in [-0.2, -0.15) is 0 Å². The summed E-state index contributed by atoms with van der Waals surface area (Å²) in [6.07, 6.45) is 5.19. The molecule has 100 valence electrons. The standard InChI is InChI=1S/C15H14N4O/c1-11-4-2-6-14-18-13(10-19(11)14)15(20)17-9-12-5-3-7-16-8-12/h2-8,10H,9H2,1H3,(H,17,20). The predicted octanol–water partition coefficient (Wildman–Crippen LogP) is 1.97. The van der Waals surface area contributed by atoms with Crippen molar-refractivity contribution in [3.8, 4) is 0 Å². The Bertz CT molecular complexity index is 749. The number of carbonyl (C=O) groups is 1. The van der Waals surface area contributed by atoms with E-state index in [1.165, 1.54) is 0 Å². The average molecular weight is 266 g/mol. The Morgan fingerprint density at radius 2 is 2.20 bits per heavy atom. The minimum absolute atomic E-state index is 0.183. The Hall–Kier alpha value is -2.69. The Morgan fingerprint density at radius 3 is 2.95 bits per heavy atom. The molecule has 20 heavy (non-hydrogen) atoms. The van der Waals surface area contributed by atoms with Gasteiger partial charge in [-0.3, -0.25) is 9.78 Å². The summed E-state index contributed by atoms with van der Waals surface area (Å²) in [6.45, 7) is 2.42. The van der Waals surface area contributed by atoms with Crippen LogP contribution >= 0.6 is 0 Å². The first-order valence-electron chi connectivity index (χ1n) is 6.36. The van der Waals surface area contributed by atoms with Crippen molar-refractivity contribution in [3.63, 3.8) is 0 Å². The van der Waals surface area contributed by atoms with E-state index in [4.69, 9.17) is 0 Å². The summed E-state index contributed by atoms with van der Waals surface area (Å²) in [5.74, 6) is -0.183. The van der Waals surface area contributed by atoms with Gasteiger partial charge in [0.2, 0.25) is 0 Å². The number of nitrogens with one attached hydrogen (secondary N) is 1. The van der Waals surface area contributed by atoms with Gasteiger partial charge in [-0.25, -0.2) is 4.98 Å². The molecule has 0 saturated carbocycles. The molecule has 0 radical (unpaired) electrons. The SMILES string of the molecule is Cc1cccc2nc(C(=O)NCc3cccnc3)cn12. The Labute approximate surface area is 116 Å². The second-order valence-electron chi connectivity index (χ2n) is 4.57. The lowest BCUT2D eigenvalue weighted by Crippen LogP contribution is -2.23. The molecule has 0 aliphatic heterocycles. The van der Waals surface area contributed by atoms with Crippen molar-refractivity contribution < 1.29 is 4.79 Å². The molecule has 0 saturated heterocycles. The van der Waals surface area contributed by atoms with Gasteiger partial charge in [-0.1, -0.05) is 12.1 Å². The number of rotatable bonds is 3. The fourth-order valence-electron chi connectivity index (χ4n) is 2.03. The number of fused-ring (bicyclic) bond motifs is 1. The zero-order valence-corrected chi connectivity index (χ0v) is 11.1. The summed E-state index contributed by atoms with van der Waals surface area (Å²) in [6, 6.07) is 9.54. The van der Waals surface area contributed by atoms with Crippen LogP contribution in [0.15, 0.2) is 48.9 Å². The molecule has 1 amide bonds. The monoisotopic (exact) mass is 266 g/mol. The topological polar surface area (TPSA) is 59.3 Å². The molecule has 3 heterocycles. The summed E-state index contributed by atoms with van der Waals surface area (Å²) in [5, 5.41) is 2.84. The van der Waals surface area contributed by atoms with Gasteiger partial charge in [0.25, 0.3) is 5.91 Å². The number of carbonyl (C=O) groups excluding carboxylic acids is 1. The molecule has 3 rings (SSSR count). The maximum atomic E-state index is 12.1. The van der Waals surface area contributed by atoms with E-state index in [-0.39, 0.29) is 5.91 Å². The summed E-state index contributed by atoms with van der Waals surface area (Å²) >= 11 is 0. The van der Waals surface area contributed by atoms with E-state index in [9.17, 15) is 4.79 Å². The van der Waals surface area contributed by atoms with E-state index >= 15 is 0 Å². The normalized spacial score (nSPS) is 10.7. The largest absolute Gasteiger partial charge is 0.347 e. The van der Waals surface area contributed by atoms with E-state index in [1.807, 2.05) is 41.7 Å². The number of aromatic nitrogens is 3. The van der Waals surface area contributed by atoms with Crippen molar-refractivity contribution in [2.45, 2.75) is 13.5 Å². The van der Waals surface area contributed by atoms with Gasteiger partial charge in [0.05, 0.1) is 0 Å². The molecule has 5 nitrogen and oxygen atoms in total. The number of aryl methyl sites for hydroxylation is 1. The number of imidazole rings is 1. The van der Waals surface area contributed by atoms with Crippen molar-refractivity contribution in [2.24, 2.45) is 0 Å². The molecule has 0 unspecified atom stereocenters. The predicted molar refractivity (Wildman–Crippen MR) is 75.3 cm³/mol. The van der Waals surface area contributed by atoms with Gasteiger partial charge in [-0.05, 0) is 30.7 Å². The van der Waals surface area contributed by atoms with E-state index in [0.29, 0.717) is 12.2 Å². The smallest absolute Gasteiger partial charge is 0.271 e. The van der Waals surface area contributed by atoms with Crippen molar-refractivity contribution in [3.05, 3.63) is 65.9 Å². The highest BCUT2D eigenvalue weighted by Crippen LogP contribution is 2.08. The molecule has 0 aliphatic rings. The third kappa shape index (κ3) is 2.38. The molecule has 3 aromatic heterocycles. The van der Waals surface area contributed by atoms with Gasteiger partial charge in [-0.15, -0.1) is 0 Å². The summed E-state index contributed by atoms with van der Waals surface area (Å²) in [5.41, 5.74) is 3.20. The average Bonchev–Trinajstić information content (AvgIpc) is 2.91. The van der Waals surface area contributed by atoms with Crippen LogP contribution in [0.2, 0.25) is 0 Å². The third-order valence-electron chi connectivity index (χ3n) is 3.10. The molecule has 0 spiro atoms. The molecule has 3 aromatic rings. The molecule has 0 aromatic carbocycles. The quantitative estimate of drug-likeness (QED) is 0.788. The molecule has 0 bridgehead atoms. The molecular formula is C15H14N4O. The first-order valence-corrected chi connectivity index (χ1v) is 6.36. The molecule has 0 aliphatic carbocycles. The first-order chi connectivity index (χ1) is 9.74. The lowest BCUT2D eigenvalue weighted by atomic mass is 10.3. The van der Waals surface area contributed by atoms with Crippen LogP contribution < -0.4 is 5.32 Å².